The van der Waals surface area contributed by atoms with Crippen molar-refractivity contribution in [3.05, 3.63) is 30.4 Å². The van der Waals surface area contributed by atoms with Crippen molar-refractivity contribution >= 4 is 0 Å². The average Bonchev–Trinajstić information content (AvgIpc) is 2.69. The first kappa shape index (κ1) is 9.63. The standard InChI is InChI=1S/C8H5F3N4/c9-8(10,11)6-5(2-1-3-12-6)7-13-4-14-15-7/h1-4H,(H,13,14,15). The molecule has 0 bridgehead atoms. The van der Waals surface area contributed by atoms with Gasteiger partial charge in [0.1, 0.15) is 6.33 Å². The van der Waals surface area contributed by atoms with E-state index >= 15 is 0 Å². The molecule has 0 aliphatic carbocycles. The highest BCUT2D eigenvalue weighted by Crippen LogP contribution is 2.33. The van der Waals surface area contributed by atoms with E-state index in [2.05, 4.69) is 20.2 Å². The molecule has 0 amide bonds. The van der Waals surface area contributed by atoms with E-state index in [1.165, 1.54) is 12.1 Å². The van der Waals surface area contributed by atoms with Gasteiger partial charge < -0.3 is 0 Å². The number of hydrogen-bond donors (Lipinski definition) is 1. The van der Waals surface area contributed by atoms with Crippen molar-refractivity contribution in [2.45, 2.75) is 6.18 Å². The summed E-state index contributed by atoms with van der Waals surface area (Å²) in [7, 11) is 0. The lowest BCUT2D eigenvalue weighted by Gasteiger charge is -2.08. The summed E-state index contributed by atoms with van der Waals surface area (Å²) in [6, 6.07) is 2.70. The Bertz CT molecular complexity index is 449. The molecule has 2 heterocycles. The van der Waals surface area contributed by atoms with Gasteiger partial charge in [-0.2, -0.15) is 18.3 Å². The molecular formula is C8H5F3N4. The first-order chi connectivity index (χ1) is 7.09. The van der Waals surface area contributed by atoms with Crippen molar-refractivity contribution in [1.29, 1.82) is 0 Å². The van der Waals surface area contributed by atoms with Crippen LogP contribution in [0.15, 0.2) is 24.7 Å². The van der Waals surface area contributed by atoms with Crippen LogP contribution in [0, 0.1) is 0 Å². The zero-order valence-corrected chi connectivity index (χ0v) is 7.28. The number of halogens is 3. The largest absolute Gasteiger partial charge is 0.434 e. The van der Waals surface area contributed by atoms with E-state index in [0.717, 1.165) is 12.5 Å². The van der Waals surface area contributed by atoms with Crippen LogP contribution < -0.4 is 0 Å². The number of pyridine rings is 1. The second-order valence-electron chi connectivity index (χ2n) is 2.73. The van der Waals surface area contributed by atoms with Gasteiger partial charge >= 0.3 is 6.18 Å². The zero-order chi connectivity index (χ0) is 10.9. The van der Waals surface area contributed by atoms with E-state index in [4.69, 9.17) is 0 Å². The molecule has 15 heavy (non-hydrogen) atoms. The monoisotopic (exact) mass is 214 g/mol. The summed E-state index contributed by atoms with van der Waals surface area (Å²) in [5.41, 5.74) is -1.08. The summed E-state index contributed by atoms with van der Waals surface area (Å²) in [6.07, 6.45) is -2.27. The molecule has 0 aromatic carbocycles. The zero-order valence-electron chi connectivity index (χ0n) is 7.28. The first-order valence-electron chi connectivity index (χ1n) is 3.97. The van der Waals surface area contributed by atoms with Gasteiger partial charge in [-0.3, -0.25) is 10.1 Å². The van der Waals surface area contributed by atoms with Crippen molar-refractivity contribution in [2.24, 2.45) is 0 Å². The second-order valence-corrected chi connectivity index (χ2v) is 2.73. The SMILES string of the molecule is FC(F)(F)c1ncccc1-c1ncn[nH]1. The van der Waals surface area contributed by atoms with Gasteiger partial charge in [-0.15, -0.1) is 0 Å². The number of H-pyrrole nitrogens is 1. The number of hydrogen-bond acceptors (Lipinski definition) is 3. The number of nitrogens with one attached hydrogen (secondary N) is 1. The quantitative estimate of drug-likeness (QED) is 0.788. The highest BCUT2D eigenvalue weighted by atomic mass is 19.4. The predicted molar refractivity (Wildman–Crippen MR) is 44.6 cm³/mol. The van der Waals surface area contributed by atoms with Crippen LogP contribution in [-0.4, -0.2) is 20.2 Å². The van der Waals surface area contributed by atoms with Crippen LogP contribution in [0.4, 0.5) is 13.2 Å². The first-order valence-corrected chi connectivity index (χ1v) is 3.97. The minimum Gasteiger partial charge on any atom is -0.259 e. The van der Waals surface area contributed by atoms with Gasteiger partial charge in [0.15, 0.2) is 11.5 Å². The van der Waals surface area contributed by atoms with Crippen molar-refractivity contribution in [3.63, 3.8) is 0 Å². The molecular weight excluding hydrogens is 209 g/mol. The van der Waals surface area contributed by atoms with Crippen molar-refractivity contribution in [2.75, 3.05) is 0 Å². The molecule has 0 saturated carbocycles. The van der Waals surface area contributed by atoms with Gasteiger partial charge in [-0.25, -0.2) is 4.98 Å². The highest BCUT2D eigenvalue weighted by molar-refractivity contribution is 5.57. The molecule has 2 aromatic heterocycles. The van der Waals surface area contributed by atoms with Crippen LogP contribution in [0.1, 0.15) is 5.69 Å². The smallest absolute Gasteiger partial charge is 0.259 e. The molecule has 0 atom stereocenters. The van der Waals surface area contributed by atoms with E-state index in [1.807, 2.05) is 0 Å². The fourth-order valence-corrected chi connectivity index (χ4v) is 1.16. The van der Waals surface area contributed by atoms with Crippen LogP contribution >= 0.6 is 0 Å². The Morgan fingerprint density at radius 2 is 2.00 bits per heavy atom. The van der Waals surface area contributed by atoms with Gasteiger partial charge in [0, 0.05) is 11.8 Å². The van der Waals surface area contributed by atoms with Crippen LogP contribution in [0.3, 0.4) is 0 Å². The van der Waals surface area contributed by atoms with E-state index in [1.54, 1.807) is 0 Å². The van der Waals surface area contributed by atoms with E-state index < -0.39 is 11.9 Å². The molecule has 4 nitrogen and oxygen atoms in total. The predicted octanol–water partition coefficient (Wildman–Crippen LogP) is 1.89. The third-order valence-corrected chi connectivity index (χ3v) is 1.75. The van der Waals surface area contributed by atoms with Gasteiger partial charge in [-0.1, -0.05) is 0 Å². The molecule has 7 heteroatoms. The highest BCUT2D eigenvalue weighted by Gasteiger charge is 2.36. The Balaban J connectivity index is 2.58. The molecule has 0 aliphatic heterocycles. The normalized spacial score (nSPS) is 11.7. The summed E-state index contributed by atoms with van der Waals surface area (Å²) in [5, 5.41) is 5.86. The second kappa shape index (κ2) is 3.34. The summed E-state index contributed by atoms with van der Waals surface area (Å²) in [6.45, 7) is 0. The fraction of sp³-hybridized carbons (Fsp3) is 0.125. The van der Waals surface area contributed by atoms with E-state index in [0.29, 0.717) is 0 Å². The van der Waals surface area contributed by atoms with Crippen molar-refractivity contribution < 1.29 is 13.2 Å². The maximum absolute atomic E-state index is 12.5. The lowest BCUT2D eigenvalue weighted by atomic mass is 10.2. The molecule has 0 unspecified atom stereocenters. The summed E-state index contributed by atoms with van der Waals surface area (Å²) < 4.78 is 37.5. The van der Waals surface area contributed by atoms with Crippen molar-refractivity contribution in [3.8, 4) is 11.4 Å². The minimum atomic E-state index is -4.50. The molecule has 0 radical (unpaired) electrons. The molecule has 2 rings (SSSR count). The number of aromatic amines is 1. The molecule has 1 N–H and O–H groups in total. The fourth-order valence-electron chi connectivity index (χ4n) is 1.16. The average molecular weight is 214 g/mol. The maximum atomic E-state index is 12.5. The van der Waals surface area contributed by atoms with Crippen LogP contribution in [-0.2, 0) is 6.18 Å². The van der Waals surface area contributed by atoms with Crippen molar-refractivity contribution in [1.82, 2.24) is 20.2 Å². The maximum Gasteiger partial charge on any atom is 0.434 e. The third-order valence-electron chi connectivity index (χ3n) is 1.75. The van der Waals surface area contributed by atoms with Gasteiger partial charge in [0.25, 0.3) is 0 Å². The lowest BCUT2D eigenvalue weighted by Crippen LogP contribution is -2.10. The van der Waals surface area contributed by atoms with E-state index in [-0.39, 0.29) is 11.4 Å². The lowest BCUT2D eigenvalue weighted by molar-refractivity contribution is -0.140. The van der Waals surface area contributed by atoms with E-state index in [9.17, 15) is 13.2 Å². The molecule has 0 spiro atoms. The van der Waals surface area contributed by atoms with Gasteiger partial charge in [-0.05, 0) is 12.1 Å². The summed E-state index contributed by atoms with van der Waals surface area (Å²) >= 11 is 0. The molecule has 0 aliphatic rings. The molecule has 2 aromatic rings. The number of alkyl halides is 3. The van der Waals surface area contributed by atoms with Crippen LogP contribution in [0.25, 0.3) is 11.4 Å². The Morgan fingerprint density at radius 1 is 1.20 bits per heavy atom. The topological polar surface area (TPSA) is 54.5 Å². The third kappa shape index (κ3) is 1.80. The molecule has 0 saturated heterocycles. The van der Waals surface area contributed by atoms with Crippen LogP contribution in [0.5, 0.6) is 0 Å². The Morgan fingerprint density at radius 3 is 2.60 bits per heavy atom. The Hall–Kier alpha value is -1.92. The number of aromatic nitrogens is 4. The number of nitrogens with zero attached hydrogens (tertiary/aromatic N) is 3. The summed E-state index contributed by atoms with van der Waals surface area (Å²) in [4.78, 5) is 6.95. The van der Waals surface area contributed by atoms with Crippen LogP contribution in [0.2, 0.25) is 0 Å². The summed E-state index contributed by atoms with van der Waals surface area (Å²) in [5.74, 6) is 0.0513. The minimum absolute atomic E-state index is 0.0513. The molecule has 0 fully saturated rings. The molecule has 78 valence electrons. The Labute approximate surface area is 82.2 Å². The van der Waals surface area contributed by atoms with Gasteiger partial charge in [0.2, 0.25) is 0 Å². The van der Waals surface area contributed by atoms with Gasteiger partial charge in [0.05, 0.1) is 0 Å². The Kier molecular flexibility index (Phi) is 2.14. The number of rotatable bonds is 1.